The second-order valence-corrected chi connectivity index (χ2v) is 9.10. The zero-order valence-electron chi connectivity index (χ0n) is 15.0. The standard InChI is InChI=1S/C20H30O4/c1-12-13-5-8-24-16(13)9-14-17(12)15(22)10-20(23)18(2,11-21)6-4-7-19(14,20)3/h5,8,12,14-15,17,21-23H,4,6-7,9-11H2,1-3H3/t12-,14-,15-,17-,18+,19+,20+/m0/s1. The zero-order chi connectivity index (χ0) is 17.3. The van der Waals surface area contributed by atoms with E-state index in [0.29, 0.717) is 6.42 Å². The Kier molecular flexibility index (Phi) is 3.52. The van der Waals surface area contributed by atoms with Crippen LogP contribution in [0, 0.1) is 22.7 Å². The topological polar surface area (TPSA) is 73.8 Å². The molecular formula is C20H30O4. The van der Waals surface area contributed by atoms with Gasteiger partial charge >= 0.3 is 0 Å². The van der Waals surface area contributed by atoms with Crippen LogP contribution in [0.4, 0.5) is 0 Å². The summed E-state index contributed by atoms with van der Waals surface area (Å²) < 4.78 is 5.73. The monoisotopic (exact) mass is 334 g/mol. The summed E-state index contributed by atoms with van der Waals surface area (Å²) >= 11 is 0. The van der Waals surface area contributed by atoms with E-state index in [0.717, 1.165) is 31.4 Å². The Bertz CT molecular complexity index is 639. The van der Waals surface area contributed by atoms with Crippen molar-refractivity contribution >= 4 is 0 Å². The summed E-state index contributed by atoms with van der Waals surface area (Å²) in [5.74, 6) is 1.56. The van der Waals surface area contributed by atoms with Crippen molar-refractivity contribution in [2.45, 2.75) is 70.5 Å². The van der Waals surface area contributed by atoms with E-state index in [9.17, 15) is 15.3 Å². The first-order valence-electron chi connectivity index (χ1n) is 9.35. The number of fused-ring (bicyclic) bond motifs is 4. The van der Waals surface area contributed by atoms with Crippen LogP contribution < -0.4 is 0 Å². The highest BCUT2D eigenvalue weighted by Crippen LogP contribution is 2.66. The van der Waals surface area contributed by atoms with E-state index in [1.165, 1.54) is 5.56 Å². The second-order valence-electron chi connectivity index (χ2n) is 9.10. The molecule has 24 heavy (non-hydrogen) atoms. The molecule has 7 atom stereocenters. The molecule has 3 aliphatic rings. The summed E-state index contributed by atoms with van der Waals surface area (Å²) in [6.07, 6.45) is 5.09. The Morgan fingerprint density at radius 1 is 1.29 bits per heavy atom. The van der Waals surface area contributed by atoms with Crippen LogP contribution in [-0.2, 0) is 6.42 Å². The van der Waals surface area contributed by atoms with Crippen LogP contribution in [0.15, 0.2) is 16.7 Å². The Morgan fingerprint density at radius 3 is 2.75 bits per heavy atom. The smallest absolute Gasteiger partial charge is 0.107 e. The van der Waals surface area contributed by atoms with Crippen LogP contribution in [0.1, 0.15) is 63.7 Å². The number of furan rings is 1. The minimum atomic E-state index is -1.04. The highest BCUT2D eigenvalue weighted by molar-refractivity contribution is 5.31. The first-order valence-corrected chi connectivity index (χ1v) is 9.35. The van der Waals surface area contributed by atoms with Crippen LogP contribution in [-0.4, -0.2) is 33.6 Å². The molecule has 4 heteroatoms. The van der Waals surface area contributed by atoms with Crippen molar-refractivity contribution in [1.82, 2.24) is 0 Å². The van der Waals surface area contributed by atoms with Crippen LogP contribution in [0.3, 0.4) is 0 Å². The fraction of sp³-hybridized carbons (Fsp3) is 0.800. The van der Waals surface area contributed by atoms with Gasteiger partial charge in [0.2, 0.25) is 0 Å². The van der Waals surface area contributed by atoms with Gasteiger partial charge in [-0.05, 0) is 42.2 Å². The quantitative estimate of drug-likeness (QED) is 0.738. The molecule has 2 fully saturated rings. The van der Waals surface area contributed by atoms with Gasteiger partial charge in [0.25, 0.3) is 0 Å². The van der Waals surface area contributed by atoms with Crippen molar-refractivity contribution in [2.24, 2.45) is 22.7 Å². The highest BCUT2D eigenvalue weighted by Gasteiger charge is 2.68. The predicted molar refractivity (Wildman–Crippen MR) is 90.5 cm³/mol. The Morgan fingerprint density at radius 2 is 2.04 bits per heavy atom. The minimum absolute atomic E-state index is 0.0370. The molecule has 1 aromatic heterocycles. The number of aliphatic hydroxyl groups is 3. The van der Waals surface area contributed by atoms with Gasteiger partial charge in [0.1, 0.15) is 5.76 Å². The molecule has 3 aliphatic carbocycles. The van der Waals surface area contributed by atoms with Gasteiger partial charge in [0.15, 0.2) is 0 Å². The fourth-order valence-corrected chi connectivity index (χ4v) is 6.63. The molecule has 0 bridgehead atoms. The lowest BCUT2D eigenvalue weighted by Gasteiger charge is -2.67. The molecule has 4 rings (SSSR count). The SMILES string of the molecule is C[C@H]1c2ccoc2C[C@H]2[C@H]1[C@@H](O)C[C@@]1(O)[C@@](C)(CO)CCC[C@]21C. The summed E-state index contributed by atoms with van der Waals surface area (Å²) in [4.78, 5) is 0. The molecule has 1 heterocycles. The Labute approximate surface area is 143 Å². The third kappa shape index (κ3) is 1.80. The van der Waals surface area contributed by atoms with Crippen molar-refractivity contribution in [1.29, 1.82) is 0 Å². The van der Waals surface area contributed by atoms with Crippen molar-refractivity contribution in [3.63, 3.8) is 0 Å². The summed E-state index contributed by atoms with van der Waals surface area (Å²) in [5, 5.41) is 32.9. The van der Waals surface area contributed by atoms with E-state index in [1.807, 2.05) is 13.0 Å². The summed E-state index contributed by atoms with van der Waals surface area (Å²) in [7, 11) is 0. The minimum Gasteiger partial charge on any atom is -0.469 e. The van der Waals surface area contributed by atoms with Gasteiger partial charge < -0.3 is 19.7 Å². The molecule has 3 N–H and O–H groups in total. The van der Waals surface area contributed by atoms with Gasteiger partial charge in [0.05, 0.1) is 24.6 Å². The van der Waals surface area contributed by atoms with E-state index < -0.39 is 17.1 Å². The molecule has 134 valence electrons. The average molecular weight is 334 g/mol. The van der Waals surface area contributed by atoms with Crippen molar-refractivity contribution in [3.8, 4) is 0 Å². The van der Waals surface area contributed by atoms with E-state index in [2.05, 4.69) is 13.8 Å². The van der Waals surface area contributed by atoms with Crippen molar-refractivity contribution < 1.29 is 19.7 Å². The number of rotatable bonds is 1. The van der Waals surface area contributed by atoms with E-state index in [1.54, 1.807) is 6.26 Å². The lowest BCUT2D eigenvalue weighted by Crippen LogP contribution is -2.70. The maximum Gasteiger partial charge on any atom is 0.107 e. The fourth-order valence-electron chi connectivity index (χ4n) is 6.63. The van der Waals surface area contributed by atoms with Crippen LogP contribution in [0.25, 0.3) is 0 Å². The molecule has 0 radical (unpaired) electrons. The van der Waals surface area contributed by atoms with Crippen molar-refractivity contribution in [3.05, 3.63) is 23.7 Å². The van der Waals surface area contributed by atoms with E-state index >= 15 is 0 Å². The molecule has 0 spiro atoms. The zero-order valence-corrected chi connectivity index (χ0v) is 15.0. The van der Waals surface area contributed by atoms with Crippen LogP contribution in [0.2, 0.25) is 0 Å². The second kappa shape index (κ2) is 5.09. The maximum atomic E-state index is 11.8. The largest absolute Gasteiger partial charge is 0.469 e. The molecule has 0 unspecified atom stereocenters. The normalized spacial score (nSPS) is 50.8. The Balaban J connectivity index is 1.84. The van der Waals surface area contributed by atoms with Gasteiger partial charge in [-0.15, -0.1) is 0 Å². The molecule has 4 nitrogen and oxygen atoms in total. The predicted octanol–water partition coefficient (Wildman–Crippen LogP) is 2.86. The molecule has 0 amide bonds. The summed E-state index contributed by atoms with van der Waals surface area (Å²) in [5.41, 5.74) is -0.702. The van der Waals surface area contributed by atoms with Gasteiger partial charge in [0, 0.05) is 23.7 Å². The third-order valence-electron chi connectivity index (χ3n) is 8.20. The highest BCUT2D eigenvalue weighted by atomic mass is 16.3. The molecular weight excluding hydrogens is 304 g/mol. The molecule has 0 saturated heterocycles. The maximum absolute atomic E-state index is 11.8. The van der Waals surface area contributed by atoms with Gasteiger partial charge in [-0.3, -0.25) is 0 Å². The molecule has 2 saturated carbocycles. The van der Waals surface area contributed by atoms with Gasteiger partial charge in [-0.1, -0.05) is 27.2 Å². The number of hydrogen-bond donors (Lipinski definition) is 3. The molecule has 1 aromatic rings. The number of aliphatic hydroxyl groups excluding tert-OH is 2. The lowest BCUT2D eigenvalue weighted by molar-refractivity contribution is -0.274. The summed E-state index contributed by atoms with van der Waals surface area (Å²) in [6.45, 7) is 6.31. The van der Waals surface area contributed by atoms with Crippen LogP contribution >= 0.6 is 0 Å². The Hall–Kier alpha value is -0.840. The molecule has 0 aliphatic heterocycles. The molecule has 0 aromatic carbocycles. The third-order valence-corrected chi connectivity index (χ3v) is 8.20. The first-order chi connectivity index (χ1) is 11.3. The summed E-state index contributed by atoms with van der Waals surface area (Å²) in [6, 6.07) is 2.03. The van der Waals surface area contributed by atoms with Crippen molar-refractivity contribution in [2.75, 3.05) is 6.61 Å². The number of hydrogen-bond acceptors (Lipinski definition) is 4. The van der Waals surface area contributed by atoms with Gasteiger partial charge in [-0.2, -0.15) is 0 Å². The lowest BCUT2D eigenvalue weighted by atomic mass is 9.40. The van der Waals surface area contributed by atoms with E-state index in [4.69, 9.17) is 4.42 Å². The average Bonchev–Trinajstić information content (AvgIpc) is 3.00. The van der Waals surface area contributed by atoms with E-state index in [-0.39, 0.29) is 29.8 Å². The van der Waals surface area contributed by atoms with Gasteiger partial charge in [-0.25, -0.2) is 0 Å². The first kappa shape index (κ1) is 16.6. The van der Waals surface area contributed by atoms with Crippen LogP contribution in [0.5, 0.6) is 0 Å².